The molecule has 2 aliphatic heterocycles. The first-order valence-corrected chi connectivity index (χ1v) is 9.76. The molecule has 0 radical (unpaired) electrons. The van der Waals surface area contributed by atoms with Gasteiger partial charge < -0.3 is 5.73 Å². The first kappa shape index (κ1) is 15.2. The van der Waals surface area contributed by atoms with Gasteiger partial charge in [-0.15, -0.1) is 0 Å². The molecule has 1 aliphatic carbocycles. The lowest BCUT2D eigenvalue weighted by atomic mass is 9.77. The summed E-state index contributed by atoms with van der Waals surface area (Å²) >= 11 is 2.14. The number of likely N-dealkylation sites (tertiary alicyclic amines) is 1. The van der Waals surface area contributed by atoms with Gasteiger partial charge in [-0.25, -0.2) is 0 Å². The van der Waals surface area contributed by atoms with Crippen molar-refractivity contribution in [3.63, 3.8) is 0 Å². The van der Waals surface area contributed by atoms with E-state index in [9.17, 15) is 0 Å². The van der Waals surface area contributed by atoms with Crippen LogP contribution in [0.2, 0.25) is 0 Å². The van der Waals surface area contributed by atoms with Crippen molar-refractivity contribution >= 4 is 11.8 Å². The third-order valence-electron chi connectivity index (χ3n) is 5.90. The largest absolute Gasteiger partial charge is 0.329 e. The Balaban J connectivity index is 1.80. The zero-order chi connectivity index (χ0) is 14.2. The summed E-state index contributed by atoms with van der Waals surface area (Å²) in [5.74, 6) is 3.53. The highest BCUT2D eigenvalue weighted by Crippen LogP contribution is 2.46. The van der Waals surface area contributed by atoms with Gasteiger partial charge in [0.05, 0.1) is 0 Å². The van der Waals surface area contributed by atoms with E-state index in [2.05, 4.69) is 30.5 Å². The molecule has 0 amide bonds. The Morgan fingerprint density at radius 1 is 1.10 bits per heavy atom. The Morgan fingerprint density at radius 2 is 1.85 bits per heavy atom. The van der Waals surface area contributed by atoms with Gasteiger partial charge in [-0.2, -0.15) is 11.8 Å². The maximum Gasteiger partial charge on any atom is 0.0430 e. The van der Waals surface area contributed by atoms with Crippen LogP contribution in [0.3, 0.4) is 0 Å². The van der Waals surface area contributed by atoms with E-state index in [1.807, 2.05) is 0 Å². The zero-order valence-electron chi connectivity index (χ0n) is 13.4. The van der Waals surface area contributed by atoms with Crippen LogP contribution in [0.15, 0.2) is 0 Å². The minimum atomic E-state index is 0.288. The minimum absolute atomic E-state index is 0.288. The van der Waals surface area contributed by atoms with Crippen molar-refractivity contribution in [2.24, 2.45) is 17.1 Å². The number of hydrogen-bond donors (Lipinski definition) is 1. The van der Waals surface area contributed by atoms with E-state index in [0.29, 0.717) is 5.41 Å². The normalized spacial score (nSPS) is 39.5. The summed E-state index contributed by atoms with van der Waals surface area (Å²) in [5, 5.41) is 0. The molecule has 116 valence electrons. The zero-order valence-corrected chi connectivity index (χ0v) is 14.2. The number of thioether (sulfide) groups is 1. The lowest BCUT2D eigenvalue weighted by Crippen LogP contribution is -2.62. The van der Waals surface area contributed by atoms with Crippen LogP contribution in [0.1, 0.15) is 58.8 Å². The second kappa shape index (κ2) is 5.81. The molecule has 2 atom stereocenters. The number of rotatable bonds is 3. The molecule has 2 saturated heterocycles. The summed E-state index contributed by atoms with van der Waals surface area (Å²) in [6.45, 7) is 7.02. The predicted molar refractivity (Wildman–Crippen MR) is 89.2 cm³/mol. The minimum Gasteiger partial charge on any atom is -0.329 e. The molecule has 0 spiro atoms. The van der Waals surface area contributed by atoms with Gasteiger partial charge in [0.15, 0.2) is 0 Å². The molecule has 0 aromatic carbocycles. The molecular weight excluding hydrogens is 264 g/mol. The van der Waals surface area contributed by atoms with Crippen molar-refractivity contribution in [2.45, 2.75) is 70.4 Å². The van der Waals surface area contributed by atoms with Crippen LogP contribution in [0, 0.1) is 11.3 Å². The highest BCUT2D eigenvalue weighted by molar-refractivity contribution is 7.99. The fraction of sp³-hybridized carbons (Fsp3) is 1.00. The van der Waals surface area contributed by atoms with E-state index in [0.717, 1.165) is 18.5 Å². The maximum atomic E-state index is 6.35. The Morgan fingerprint density at radius 3 is 2.50 bits per heavy atom. The van der Waals surface area contributed by atoms with E-state index < -0.39 is 0 Å². The summed E-state index contributed by atoms with van der Waals surface area (Å²) in [6.07, 6.45) is 9.99. The monoisotopic (exact) mass is 296 g/mol. The number of nitrogens with zero attached hydrogens (tertiary/aromatic N) is 1. The van der Waals surface area contributed by atoms with Crippen LogP contribution in [-0.4, -0.2) is 41.1 Å². The van der Waals surface area contributed by atoms with E-state index >= 15 is 0 Å². The molecule has 3 fully saturated rings. The standard InChI is InChI=1S/C17H32N2S/c1-16(2)10-17(11-18,13-20-12-16)19-9-5-8-15(19)14-6-3-4-7-14/h14-15H,3-13,18H2,1-2H3. The molecule has 2 N–H and O–H groups in total. The number of hydrogen-bond acceptors (Lipinski definition) is 3. The van der Waals surface area contributed by atoms with E-state index in [-0.39, 0.29) is 5.54 Å². The quantitative estimate of drug-likeness (QED) is 0.864. The molecule has 3 rings (SSSR count). The second-order valence-corrected chi connectivity index (χ2v) is 9.20. The molecule has 0 aromatic rings. The van der Waals surface area contributed by atoms with Gasteiger partial charge in [0.1, 0.15) is 0 Å². The first-order valence-electron chi connectivity index (χ1n) is 8.61. The lowest BCUT2D eigenvalue weighted by molar-refractivity contribution is 0.0361. The fourth-order valence-electron chi connectivity index (χ4n) is 5.16. The van der Waals surface area contributed by atoms with E-state index in [4.69, 9.17) is 5.73 Å². The second-order valence-electron chi connectivity index (χ2n) is 8.21. The van der Waals surface area contributed by atoms with Gasteiger partial charge in [0, 0.05) is 23.9 Å². The maximum absolute atomic E-state index is 6.35. The predicted octanol–water partition coefficient (Wildman–Crippen LogP) is 3.50. The molecule has 20 heavy (non-hydrogen) atoms. The SMILES string of the molecule is CC1(C)CSCC(CN)(N2CCCC2C2CCCC2)C1. The van der Waals surface area contributed by atoms with Crippen LogP contribution >= 0.6 is 11.8 Å². The Bertz CT molecular complexity index is 338. The molecule has 2 unspecified atom stereocenters. The van der Waals surface area contributed by atoms with Crippen LogP contribution < -0.4 is 5.73 Å². The highest BCUT2D eigenvalue weighted by Gasteiger charge is 2.48. The smallest absolute Gasteiger partial charge is 0.0430 e. The van der Waals surface area contributed by atoms with Crippen LogP contribution in [-0.2, 0) is 0 Å². The highest BCUT2D eigenvalue weighted by atomic mass is 32.2. The van der Waals surface area contributed by atoms with Gasteiger partial charge in [-0.1, -0.05) is 26.7 Å². The lowest BCUT2D eigenvalue weighted by Gasteiger charge is -2.52. The van der Waals surface area contributed by atoms with Gasteiger partial charge in [0.2, 0.25) is 0 Å². The summed E-state index contributed by atoms with van der Waals surface area (Å²) in [5.41, 5.74) is 7.08. The van der Waals surface area contributed by atoms with Crippen molar-refractivity contribution in [3.05, 3.63) is 0 Å². The van der Waals surface area contributed by atoms with Crippen molar-refractivity contribution < 1.29 is 0 Å². The van der Waals surface area contributed by atoms with Crippen molar-refractivity contribution in [2.75, 3.05) is 24.6 Å². The Labute approximate surface area is 129 Å². The summed E-state index contributed by atoms with van der Waals surface area (Å²) in [4.78, 5) is 2.89. The van der Waals surface area contributed by atoms with Crippen molar-refractivity contribution in [1.82, 2.24) is 4.90 Å². The van der Waals surface area contributed by atoms with Gasteiger partial charge in [0.25, 0.3) is 0 Å². The topological polar surface area (TPSA) is 29.3 Å². The van der Waals surface area contributed by atoms with Crippen LogP contribution in [0.4, 0.5) is 0 Å². The van der Waals surface area contributed by atoms with E-state index in [1.165, 1.54) is 63.0 Å². The molecule has 3 heteroatoms. The summed E-state index contributed by atoms with van der Waals surface area (Å²) < 4.78 is 0. The van der Waals surface area contributed by atoms with Gasteiger partial charge in [-0.3, -0.25) is 4.90 Å². The Hall–Kier alpha value is 0.270. The van der Waals surface area contributed by atoms with E-state index in [1.54, 1.807) is 0 Å². The molecule has 2 nitrogen and oxygen atoms in total. The third kappa shape index (κ3) is 2.78. The number of nitrogens with two attached hydrogens (primary N) is 1. The van der Waals surface area contributed by atoms with Crippen LogP contribution in [0.5, 0.6) is 0 Å². The third-order valence-corrected chi connectivity index (χ3v) is 7.63. The molecular formula is C17H32N2S. The molecule has 0 aromatic heterocycles. The molecule has 2 heterocycles. The Kier molecular flexibility index (Phi) is 4.41. The van der Waals surface area contributed by atoms with Crippen molar-refractivity contribution in [1.29, 1.82) is 0 Å². The van der Waals surface area contributed by atoms with Crippen molar-refractivity contribution in [3.8, 4) is 0 Å². The first-order chi connectivity index (χ1) is 9.56. The molecule has 3 aliphatic rings. The summed E-state index contributed by atoms with van der Waals surface area (Å²) in [7, 11) is 0. The fourth-order valence-corrected chi connectivity index (χ4v) is 6.68. The summed E-state index contributed by atoms with van der Waals surface area (Å²) in [6, 6.07) is 0.843. The average Bonchev–Trinajstić information content (AvgIpc) is 3.07. The molecule has 0 bridgehead atoms. The molecule has 1 saturated carbocycles. The van der Waals surface area contributed by atoms with Crippen LogP contribution in [0.25, 0.3) is 0 Å². The van der Waals surface area contributed by atoms with Gasteiger partial charge >= 0.3 is 0 Å². The average molecular weight is 297 g/mol. The van der Waals surface area contributed by atoms with Gasteiger partial charge in [-0.05, 0) is 55.7 Å².